The van der Waals surface area contributed by atoms with E-state index < -0.39 is 15.8 Å². The van der Waals surface area contributed by atoms with Crippen LogP contribution in [0.5, 0.6) is 0 Å². The van der Waals surface area contributed by atoms with Crippen molar-refractivity contribution in [3.8, 4) is 0 Å². The van der Waals surface area contributed by atoms with Crippen molar-refractivity contribution in [1.82, 2.24) is 4.31 Å². The molecule has 0 bridgehead atoms. The van der Waals surface area contributed by atoms with E-state index >= 15 is 0 Å². The van der Waals surface area contributed by atoms with E-state index in [9.17, 15) is 18.0 Å². The molecule has 0 atom stereocenters. The second-order valence-corrected chi connectivity index (χ2v) is 8.92. The van der Waals surface area contributed by atoms with Crippen molar-refractivity contribution in [2.75, 3.05) is 31.2 Å². The van der Waals surface area contributed by atoms with E-state index in [0.717, 1.165) is 11.3 Å². The van der Waals surface area contributed by atoms with Gasteiger partial charge >= 0.3 is 0 Å². The van der Waals surface area contributed by atoms with Crippen molar-refractivity contribution in [2.45, 2.75) is 42.8 Å². The molecule has 3 heterocycles. The van der Waals surface area contributed by atoms with Gasteiger partial charge in [-0.2, -0.15) is 4.31 Å². The number of hydrogen-bond donors (Lipinski definition) is 0. The third-order valence-electron chi connectivity index (χ3n) is 5.29. The number of hydrogen-bond acceptors (Lipinski definition) is 6. The van der Waals surface area contributed by atoms with Gasteiger partial charge < -0.3 is 9.47 Å². The zero-order valence-corrected chi connectivity index (χ0v) is 15.7. The van der Waals surface area contributed by atoms with Crippen molar-refractivity contribution in [3.63, 3.8) is 0 Å². The molecular weight excluding hydrogens is 372 g/mol. The van der Waals surface area contributed by atoms with E-state index in [2.05, 4.69) is 0 Å². The third-order valence-corrected chi connectivity index (χ3v) is 7.20. The molecular formula is C18H22N2O6S. The molecule has 4 rings (SSSR count). The van der Waals surface area contributed by atoms with E-state index in [0.29, 0.717) is 44.8 Å². The molecule has 1 spiro atoms. The van der Waals surface area contributed by atoms with Crippen LogP contribution in [0.15, 0.2) is 29.2 Å². The van der Waals surface area contributed by atoms with Crippen LogP contribution in [0.2, 0.25) is 0 Å². The molecule has 146 valence electrons. The largest absolute Gasteiger partial charge is 0.350 e. The van der Waals surface area contributed by atoms with Crippen LogP contribution in [-0.4, -0.2) is 56.6 Å². The number of carbonyl (C=O) groups is 2. The Labute approximate surface area is 158 Å². The van der Waals surface area contributed by atoms with E-state index in [1.54, 1.807) is 0 Å². The SMILES string of the molecule is O=C1CCC(=O)N1c1ccc(S(=O)(=O)N2CCC3(CC2)OCCCO3)cc1. The highest BCUT2D eigenvalue weighted by Crippen LogP contribution is 2.33. The smallest absolute Gasteiger partial charge is 0.243 e. The van der Waals surface area contributed by atoms with Gasteiger partial charge in [0.2, 0.25) is 21.8 Å². The van der Waals surface area contributed by atoms with E-state index in [1.807, 2.05) is 0 Å². The normalized spacial score (nSPS) is 23.9. The predicted molar refractivity (Wildman–Crippen MR) is 95.4 cm³/mol. The maximum Gasteiger partial charge on any atom is 0.243 e. The molecule has 9 heteroatoms. The number of carbonyl (C=O) groups excluding carboxylic acids is 2. The molecule has 8 nitrogen and oxygen atoms in total. The van der Waals surface area contributed by atoms with E-state index in [1.165, 1.54) is 28.6 Å². The van der Waals surface area contributed by atoms with Crippen LogP contribution in [0.3, 0.4) is 0 Å². The molecule has 0 saturated carbocycles. The summed E-state index contributed by atoms with van der Waals surface area (Å²) in [5.41, 5.74) is 0.406. The lowest BCUT2D eigenvalue weighted by atomic mass is 10.0. The number of piperidine rings is 1. The van der Waals surface area contributed by atoms with E-state index in [4.69, 9.17) is 9.47 Å². The number of ether oxygens (including phenoxy) is 2. The lowest BCUT2D eigenvalue weighted by molar-refractivity contribution is -0.280. The third kappa shape index (κ3) is 3.40. The predicted octanol–water partition coefficient (Wildman–Crippen LogP) is 1.26. The minimum atomic E-state index is -3.65. The van der Waals surface area contributed by atoms with Crippen molar-refractivity contribution in [3.05, 3.63) is 24.3 Å². The van der Waals surface area contributed by atoms with Crippen molar-refractivity contribution in [1.29, 1.82) is 0 Å². The Kier molecular flexibility index (Phi) is 4.79. The average molecular weight is 394 g/mol. The molecule has 2 amide bonds. The molecule has 27 heavy (non-hydrogen) atoms. The summed E-state index contributed by atoms with van der Waals surface area (Å²) in [4.78, 5) is 24.9. The quantitative estimate of drug-likeness (QED) is 0.717. The van der Waals surface area contributed by atoms with Gasteiger partial charge in [0.25, 0.3) is 0 Å². The zero-order chi connectivity index (χ0) is 19.1. The molecule has 3 fully saturated rings. The molecule has 0 unspecified atom stereocenters. The van der Waals surface area contributed by atoms with Crippen molar-refractivity contribution < 1.29 is 27.5 Å². The lowest BCUT2D eigenvalue weighted by Gasteiger charge is -2.42. The first kappa shape index (κ1) is 18.5. The highest BCUT2D eigenvalue weighted by molar-refractivity contribution is 7.89. The summed E-state index contributed by atoms with van der Waals surface area (Å²) in [5.74, 6) is -1.17. The second kappa shape index (κ2) is 6.97. The maximum absolute atomic E-state index is 12.9. The molecule has 3 aliphatic heterocycles. The van der Waals surface area contributed by atoms with Crippen molar-refractivity contribution >= 4 is 27.5 Å². The van der Waals surface area contributed by atoms with Crippen molar-refractivity contribution in [2.24, 2.45) is 0 Å². The minimum absolute atomic E-state index is 0.145. The van der Waals surface area contributed by atoms with Gasteiger partial charge in [-0.25, -0.2) is 8.42 Å². The molecule has 0 radical (unpaired) electrons. The van der Waals surface area contributed by atoms with Crippen LogP contribution < -0.4 is 4.90 Å². The molecule has 0 aliphatic carbocycles. The Morgan fingerprint density at radius 3 is 2.00 bits per heavy atom. The number of anilines is 1. The van der Waals surface area contributed by atoms with Gasteiger partial charge in [-0.05, 0) is 30.7 Å². The Morgan fingerprint density at radius 1 is 0.889 bits per heavy atom. The summed E-state index contributed by atoms with van der Waals surface area (Å²) in [6.45, 7) is 1.94. The van der Waals surface area contributed by atoms with Gasteiger partial charge in [0, 0.05) is 38.8 Å². The fourth-order valence-electron chi connectivity index (χ4n) is 3.75. The topological polar surface area (TPSA) is 93.2 Å². The zero-order valence-electron chi connectivity index (χ0n) is 14.9. The molecule has 1 aromatic carbocycles. The number of amides is 2. The molecule has 1 aromatic rings. The summed E-state index contributed by atoms with van der Waals surface area (Å²) < 4.78 is 38.8. The number of imide groups is 1. The maximum atomic E-state index is 12.9. The summed E-state index contributed by atoms with van der Waals surface area (Å²) in [6, 6.07) is 5.91. The summed E-state index contributed by atoms with van der Waals surface area (Å²) in [6.07, 6.45) is 2.25. The fraction of sp³-hybridized carbons (Fsp3) is 0.556. The summed E-state index contributed by atoms with van der Waals surface area (Å²) in [7, 11) is -3.65. The number of benzene rings is 1. The second-order valence-electron chi connectivity index (χ2n) is 6.98. The van der Waals surface area contributed by atoms with Gasteiger partial charge in [0.1, 0.15) is 0 Å². The van der Waals surface area contributed by atoms with E-state index in [-0.39, 0.29) is 29.6 Å². The number of nitrogens with zero attached hydrogens (tertiary/aromatic N) is 2. The Hall–Kier alpha value is -1.81. The van der Waals surface area contributed by atoms with Gasteiger partial charge in [-0.1, -0.05) is 0 Å². The highest BCUT2D eigenvalue weighted by Gasteiger charge is 2.41. The Morgan fingerprint density at radius 2 is 1.44 bits per heavy atom. The van der Waals surface area contributed by atoms with Crippen LogP contribution in [-0.2, 0) is 29.1 Å². The van der Waals surface area contributed by atoms with Gasteiger partial charge in [-0.15, -0.1) is 0 Å². The molecule has 0 N–H and O–H groups in total. The first-order chi connectivity index (χ1) is 12.9. The number of rotatable bonds is 3. The first-order valence-electron chi connectivity index (χ1n) is 9.15. The lowest BCUT2D eigenvalue weighted by Crippen LogP contribution is -2.51. The Balaban J connectivity index is 1.48. The van der Waals surface area contributed by atoms with Crippen LogP contribution in [0, 0.1) is 0 Å². The van der Waals surface area contributed by atoms with Gasteiger partial charge in [0.05, 0.1) is 23.8 Å². The van der Waals surface area contributed by atoms with Crippen LogP contribution in [0.25, 0.3) is 0 Å². The van der Waals surface area contributed by atoms with Gasteiger partial charge in [-0.3, -0.25) is 14.5 Å². The van der Waals surface area contributed by atoms with Crippen LogP contribution >= 0.6 is 0 Å². The molecule has 3 saturated heterocycles. The summed E-state index contributed by atoms with van der Waals surface area (Å²) in [5, 5.41) is 0. The minimum Gasteiger partial charge on any atom is -0.350 e. The van der Waals surface area contributed by atoms with Crippen LogP contribution in [0.1, 0.15) is 32.1 Å². The molecule has 0 aromatic heterocycles. The monoisotopic (exact) mass is 394 g/mol. The highest BCUT2D eigenvalue weighted by atomic mass is 32.2. The summed E-state index contributed by atoms with van der Waals surface area (Å²) >= 11 is 0. The number of sulfonamides is 1. The van der Waals surface area contributed by atoms with Crippen LogP contribution in [0.4, 0.5) is 5.69 Å². The Bertz CT molecular complexity index is 819. The standard InChI is InChI=1S/C18H22N2O6S/c21-16-6-7-17(22)20(16)14-2-4-15(5-3-14)27(23,24)19-10-8-18(9-11-19)25-12-1-13-26-18/h2-5H,1,6-13H2. The van der Waals surface area contributed by atoms with Gasteiger partial charge in [0.15, 0.2) is 5.79 Å². The average Bonchev–Trinajstić information content (AvgIpc) is 3.01. The first-order valence-corrected chi connectivity index (χ1v) is 10.6. The molecule has 3 aliphatic rings. The fourth-order valence-corrected chi connectivity index (χ4v) is 5.20.